The van der Waals surface area contributed by atoms with Crippen LogP contribution in [0.3, 0.4) is 0 Å². The van der Waals surface area contributed by atoms with Gasteiger partial charge in [0, 0.05) is 25.4 Å². The smallest absolute Gasteiger partial charge is 0.328 e. The van der Waals surface area contributed by atoms with Crippen molar-refractivity contribution in [3.63, 3.8) is 0 Å². The van der Waals surface area contributed by atoms with Crippen LogP contribution in [0.1, 0.15) is 32.1 Å². The number of hydrogen-bond acceptors (Lipinski definition) is 5. The van der Waals surface area contributed by atoms with Gasteiger partial charge in [0.2, 0.25) is 0 Å². The summed E-state index contributed by atoms with van der Waals surface area (Å²) in [4.78, 5) is 49.9. The first kappa shape index (κ1) is 17.0. The summed E-state index contributed by atoms with van der Waals surface area (Å²) in [5.41, 5.74) is -1.23. The van der Waals surface area contributed by atoms with Gasteiger partial charge < -0.3 is 9.64 Å². The summed E-state index contributed by atoms with van der Waals surface area (Å²) >= 11 is 0. The normalized spacial score (nSPS) is 15.6. The SMILES string of the molecule is O=C(Cn1ccc(=O)[nH]c1=O)OCC(=O)N1CCCCCCC1. The van der Waals surface area contributed by atoms with E-state index < -0.39 is 17.2 Å². The Morgan fingerprint density at radius 3 is 2.39 bits per heavy atom. The van der Waals surface area contributed by atoms with Crippen LogP contribution >= 0.6 is 0 Å². The molecular formula is C15H21N3O5. The van der Waals surface area contributed by atoms with Gasteiger partial charge in [-0.2, -0.15) is 0 Å². The van der Waals surface area contributed by atoms with Crippen LogP contribution < -0.4 is 11.2 Å². The second-order valence-corrected chi connectivity index (χ2v) is 5.55. The fourth-order valence-corrected chi connectivity index (χ4v) is 2.48. The number of amides is 1. The number of nitrogens with one attached hydrogen (secondary N) is 1. The third-order valence-corrected chi connectivity index (χ3v) is 3.76. The summed E-state index contributed by atoms with van der Waals surface area (Å²) in [6.07, 6.45) is 6.56. The van der Waals surface area contributed by atoms with Crippen LogP contribution in [-0.4, -0.2) is 46.0 Å². The summed E-state index contributed by atoms with van der Waals surface area (Å²) in [6, 6.07) is 1.14. The lowest BCUT2D eigenvalue weighted by Gasteiger charge is -2.24. The third kappa shape index (κ3) is 5.39. The first-order valence-electron chi connectivity index (χ1n) is 7.79. The lowest BCUT2D eigenvalue weighted by molar-refractivity contribution is -0.152. The zero-order valence-electron chi connectivity index (χ0n) is 13.0. The van der Waals surface area contributed by atoms with Gasteiger partial charge in [-0.15, -0.1) is 0 Å². The number of carbonyl (C=O) groups is 2. The zero-order valence-corrected chi connectivity index (χ0v) is 13.0. The Kier molecular flexibility index (Phi) is 6.13. The summed E-state index contributed by atoms with van der Waals surface area (Å²) in [6.45, 7) is 0.714. The average Bonchev–Trinajstić information content (AvgIpc) is 2.47. The Hall–Kier alpha value is -2.38. The lowest BCUT2D eigenvalue weighted by atomic mass is 10.1. The van der Waals surface area contributed by atoms with Crippen LogP contribution in [0.15, 0.2) is 21.9 Å². The van der Waals surface area contributed by atoms with Crippen molar-refractivity contribution in [2.24, 2.45) is 0 Å². The average molecular weight is 323 g/mol. The first-order chi connectivity index (χ1) is 11.1. The molecule has 2 rings (SSSR count). The molecule has 1 fully saturated rings. The van der Waals surface area contributed by atoms with Gasteiger partial charge in [-0.25, -0.2) is 4.79 Å². The largest absolute Gasteiger partial charge is 0.454 e. The maximum Gasteiger partial charge on any atom is 0.328 e. The van der Waals surface area contributed by atoms with E-state index in [1.807, 2.05) is 4.98 Å². The number of likely N-dealkylation sites (tertiary alicyclic amines) is 1. The van der Waals surface area contributed by atoms with Crippen molar-refractivity contribution in [1.29, 1.82) is 0 Å². The van der Waals surface area contributed by atoms with E-state index in [-0.39, 0.29) is 19.1 Å². The van der Waals surface area contributed by atoms with E-state index in [0.29, 0.717) is 13.1 Å². The van der Waals surface area contributed by atoms with Gasteiger partial charge in [0.1, 0.15) is 6.54 Å². The number of aromatic nitrogens is 2. The Morgan fingerprint density at radius 1 is 1.09 bits per heavy atom. The minimum Gasteiger partial charge on any atom is -0.454 e. The predicted octanol–water partition coefficient (Wildman–Crippen LogP) is -0.128. The van der Waals surface area contributed by atoms with Gasteiger partial charge in [-0.05, 0) is 12.8 Å². The van der Waals surface area contributed by atoms with Gasteiger partial charge >= 0.3 is 11.7 Å². The van der Waals surface area contributed by atoms with Crippen LogP contribution in [-0.2, 0) is 20.9 Å². The second kappa shape index (κ2) is 8.30. The fourth-order valence-electron chi connectivity index (χ4n) is 2.48. The number of aromatic amines is 1. The number of esters is 1. The van der Waals surface area contributed by atoms with E-state index in [4.69, 9.17) is 4.74 Å². The van der Waals surface area contributed by atoms with E-state index in [2.05, 4.69) is 0 Å². The summed E-state index contributed by atoms with van der Waals surface area (Å²) in [7, 11) is 0. The van der Waals surface area contributed by atoms with Crippen LogP contribution in [0.5, 0.6) is 0 Å². The molecule has 0 spiro atoms. The molecule has 1 aliphatic rings. The standard InChI is InChI=1S/C15H21N3O5/c19-12-6-9-18(15(22)16-12)10-14(21)23-11-13(20)17-7-4-2-1-3-5-8-17/h6,9H,1-5,7-8,10-11H2,(H,16,19,22). The molecule has 1 saturated heterocycles. The van der Waals surface area contributed by atoms with Crippen molar-refractivity contribution in [2.75, 3.05) is 19.7 Å². The molecule has 126 valence electrons. The number of nitrogens with zero attached hydrogens (tertiary/aromatic N) is 2. The molecule has 1 amide bonds. The van der Waals surface area contributed by atoms with Crippen molar-refractivity contribution in [3.05, 3.63) is 33.1 Å². The number of hydrogen-bond donors (Lipinski definition) is 1. The van der Waals surface area contributed by atoms with Crippen LogP contribution in [0.4, 0.5) is 0 Å². The van der Waals surface area contributed by atoms with E-state index in [1.165, 1.54) is 12.6 Å². The number of carbonyl (C=O) groups excluding carboxylic acids is 2. The number of ether oxygens (including phenoxy) is 1. The Morgan fingerprint density at radius 2 is 1.74 bits per heavy atom. The molecule has 8 heteroatoms. The third-order valence-electron chi connectivity index (χ3n) is 3.76. The Labute approximate surface area is 133 Å². The molecule has 0 bridgehead atoms. The highest BCUT2D eigenvalue weighted by Gasteiger charge is 2.16. The number of H-pyrrole nitrogens is 1. The summed E-state index contributed by atoms with van der Waals surface area (Å²) in [5, 5.41) is 0. The van der Waals surface area contributed by atoms with Crippen molar-refractivity contribution >= 4 is 11.9 Å². The molecule has 1 aromatic rings. The molecule has 0 saturated carbocycles. The Bertz CT molecular complexity index is 656. The molecule has 2 heterocycles. The maximum absolute atomic E-state index is 12.1. The van der Waals surface area contributed by atoms with Gasteiger partial charge in [-0.1, -0.05) is 19.3 Å². The van der Waals surface area contributed by atoms with Gasteiger partial charge in [0.05, 0.1) is 0 Å². The molecule has 8 nitrogen and oxygen atoms in total. The minimum absolute atomic E-state index is 0.214. The van der Waals surface area contributed by atoms with Crippen LogP contribution in [0.25, 0.3) is 0 Å². The van der Waals surface area contributed by atoms with Crippen molar-refractivity contribution in [2.45, 2.75) is 38.6 Å². The molecule has 0 aliphatic carbocycles. The van der Waals surface area contributed by atoms with E-state index >= 15 is 0 Å². The monoisotopic (exact) mass is 323 g/mol. The van der Waals surface area contributed by atoms with Gasteiger partial charge in [-0.3, -0.25) is 23.9 Å². The Balaban J connectivity index is 1.82. The van der Waals surface area contributed by atoms with Gasteiger partial charge in [0.25, 0.3) is 11.5 Å². The first-order valence-corrected chi connectivity index (χ1v) is 7.79. The molecule has 0 unspecified atom stereocenters. The molecule has 23 heavy (non-hydrogen) atoms. The highest BCUT2D eigenvalue weighted by molar-refractivity contribution is 5.80. The van der Waals surface area contributed by atoms with Crippen LogP contribution in [0.2, 0.25) is 0 Å². The number of rotatable bonds is 4. The molecular weight excluding hydrogens is 302 g/mol. The zero-order chi connectivity index (χ0) is 16.7. The van der Waals surface area contributed by atoms with Crippen molar-refractivity contribution in [1.82, 2.24) is 14.5 Å². The fraction of sp³-hybridized carbons (Fsp3) is 0.600. The topological polar surface area (TPSA) is 101 Å². The molecule has 0 radical (unpaired) electrons. The summed E-state index contributed by atoms with van der Waals surface area (Å²) in [5.74, 6) is -0.909. The lowest BCUT2D eigenvalue weighted by Crippen LogP contribution is -2.37. The minimum atomic E-state index is -0.695. The maximum atomic E-state index is 12.1. The quantitative estimate of drug-likeness (QED) is 0.778. The van der Waals surface area contributed by atoms with Crippen LogP contribution in [0, 0.1) is 0 Å². The highest BCUT2D eigenvalue weighted by atomic mass is 16.5. The molecule has 1 aliphatic heterocycles. The molecule has 0 atom stereocenters. The van der Waals surface area contributed by atoms with Crippen molar-refractivity contribution in [3.8, 4) is 0 Å². The van der Waals surface area contributed by atoms with E-state index in [0.717, 1.165) is 36.3 Å². The molecule has 1 aromatic heterocycles. The molecule has 1 N–H and O–H groups in total. The summed E-state index contributed by atoms with van der Waals surface area (Å²) < 4.78 is 5.95. The van der Waals surface area contributed by atoms with E-state index in [9.17, 15) is 19.2 Å². The van der Waals surface area contributed by atoms with Crippen molar-refractivity contribution < 1.29 is 14.3 Å². The molecule has 0 aromatic carbocycles. The van der Waals surface area contributed by atoms with E-state index in [1.54, 1.807) is 4.90 Å². The highest BCUT2D eigenvalue weighted by Crippen LogP contribution is 2.10. The second-order valence-electron chi connectivity index (χ2n) is 5.55. The predicted molar refractivity (Wildman–Crippen MR) is 81.9 cm³/mol. The van der Waals surface area contributed by atoms with Gasteiger partial charge in [0.15, 0.2) is 6.61 Å².